The third-order valence-corrected chi connectivity index (χ3v) is 3.33. The molecule has 0 unspecified atom stereocenters. The third kappa shape index (κ3) is 3.69. The van der Waals surface area contributed by atoms with Crippen molar-refractivity contribution in [2.24, 2.45) is 0 Å². The molecular weight excluding hydrogens is 260 g/mol. The van der Waals surface area contributed by atoms with E-state index in [9.17, 15) is 14.9 Å². The molecular formula is C14H18N2O4. The van der Waals surface area contributed by atoms with E-state index in [1.807, 2.05) is 0 Å². The Morgan fingerprint density at radius 3 is 2.65 bits per heavy atom. The average molecular weight is 278 g/mol. The molecule has 0 aliphatic heterocycles. The second-order valence-electron chi connectivity index (χ2n) is 5.00. The summed E-state index contributed by atoms with van der Waals surface area (Å²) in [6.45, 7) is 1.36. The van der Waals surface area contributed by atoms with Crippen LogP contribution >= 0.6 is 0 Å². The van der Waals surface area contributed by atoms with Gasteiger partial charge in [-0.15, -0.1) is 0 Å². The van der Waals surface area contributed by atoms with Gasteiger partial charge in [0.2, 0.25) is 5.91 Å². The van der Waals surface area contributed by atoms with Crippen LogP contribution in [-0.4, -0.2) is 16.9 Å². The standard InChI is InChI=1S/C14H18N2O4/c1-10(17)15-13-9-11(16(18)19)7-8-14(13)20-12-5-3-2-4-6-12/h7-9,12H,2-6H2,1H3,(H,15,17). The van der Waals surface area contributed by atoms with Gasteiger partial charge in [-0.2, -0.15) is 0 Å². The van der Waals surface area contributed by atoms with Gasteiger partial charge in [0.05, 0.1) is 16.7 Å². The van der Waals surface area contributed by atoms with E-state index < -0.39 is 4.92 Å². The Morgan fingerprint density at radius 1 is 1.35 bits per heavy atom. The maximum Gasteiger partial charge on any atom is 0.271 e. The van der Waals surface area contributed by atoms with E-state index in [1.54, 1.807) is 6.07 Å². The summed E-state index contributed by atoms with van der Waals surface area (Å²) in [4.78, 5) is 21.5. The molecule has 1 amide bonds. The van der Waals surface area contributed by atoms with E-state index in [-0.39, 0.29) is 17.7 Å². The highest BCUT2D eigenvalue weighted by molar-refractivity contribution is 5.90. The van der Waals surface area contributed by atoms with Crippen LogP contribution in [0.15, 0.2) is 18.2 Å². The van der Waals surface area contributed by atoms with Gasteiger partial charge in [-0.1, -0.05) is 6.42 Å². The number of non-ortho nitro benzene ring substituents is 1. The third-order valence-electron chi connectivity index (χ3n) is 3.33. The first-order chi connectivity index (χ1) is 9.56. The summed E-state index contributed by atoms with van der Waals surface area (Å²) in [6, 6.07) is 4.28. The van der Waals surface area contributed by atoms with E-state index >= 15 is 0 Å². The number of rotatable bonds is 4. The molecule has 0 spiro atoms. The topological polar surface area (TPSA) is 81.5 Å². The molecule has 0 aromatic heterocycles. The lowest BCUT2D eigenvalue weighted by molar-refractivity contribution is -0.384. The number of anilines is 1. The lowest BCUT2D eigenvalue weighted by Gasteiger charge is -2.24. The zero-order valence-corrected chi connectivity index (χ0v) is 11.4. The number of carbonyl (C=O) groups is 1. The number of nitro benzene ring substituents is 1. The molecule has 108 valence electrons. The summed E-state index contributed by atoms with van der Waals surface area (Å²) in [6.07, 6.45) is 5.57. The largest absolute Gasteiger partial charge is 0.488 e. The summed E-state index contributed by atoms with van der Waals surface area (Å²) in [5.74, 6) is 0.219. The molecule has 2 rings (SSSR count). The van der Waals surface area contributed by atoms with Gasteiger partial charge in [0.15, 0.2) is 0 Å². The van der Waals surface area contributed by atoms with Crippen molar-refractivity contribution in [3.63, 3.8) is 0 Å². The summed E-state index contributed by atoms with van der Waals surface area (Å²) >= 11 is 0. The molecule has 1 fully saturated rings. The predicted octanol–water partition coefficient (Wildman–Crippen LogP) is 3.26. The van der Waals surface area contributed by atoms with Crippen molar-refractivity contribution in [3.8, 4) is 5.75 Å². The minimum absolute atomic E-state index is 0.0651. The Morgan fingerprint density at radius 2 is 2.05 bits per heavy atom. The number of nitrogens with one attached hydrogen (secondary N) is 1. The van der Waals surface area contributed by atoms with Crippen LogP contribution in [-0.2, 0) is 4.79 Å². The number of hydrogen-bond donors (Lipinski definition) is 1. The van der Waals surface area contributed by atoms with Crippen LogP contribution in [0.1, 0.15) is 39.0 Å². The Balaban J connectivity index is 2.20. The summed E-state index contributed by atoms with van der Waals surface area (Å²) in [5.41, 5.74) is 0.294. The van der Waals surface area contributed by atoms with Gasteiger partial charge >= 0.3 is 0 Å². The van der Waals surface area contributed by atoms with E-state index in [2.05, 4.69) is 5.32 Å². The van der Waals surface area contributed by atoms with Crippen molar-refractivity contribution in [1.29, 1.82) is 0 Å². The SMILES string of the molecule is CC(=O)Nc1cc([N+](=O)[O-])ccc1OC1CCCCC1. The van der Waals surface area contributed by atoms with Crippen molar-refractivity contribution < 1.29 is 14.5 Å². The Hall–Kier alpha value is -2.11. The average Bonchev–Trinajstić information content (AvgIpc) is 2.41. The van der Waals surface area contributed by atoms with Crippen molar-refractivity contribution in [2.45, 2.75) is 45.1 Å². The molecule has 0 radical (unpaired) electrons. The number of carbonyl (C=O) groups excluding carboxylic acids is 1. The normalized spacial score (nSPS) is 15.7. The molecule has 0 bridgehead atoms. The van der Waals surface area contributed by atoms with Gasteiger partial charge in [0.25, 0.3) is 5.69 Å². The molecule has 6 heteroatoms. The first-order valence-corrected chi connectivity index (χ1v) is 6.79. The highest BCUT2D eigenvalue weighted by atomic mass is 16.6. The Bertz CT molecular complexity index is 510. The molecule has 1 aromatic carbocycles. The van der Waals surface area contributed by atoms with E-state index in [0.717, 1.165) is 25.7 Å². The van der Waals surface area contributed by atoms with Crippen molar-refractivity contribution in [3.05, 3.63) is 28.3 Å². The quantitative estimate of drug-likeness (QED) is 0.677. The minimum atomic E-state index is -0.490. The molecule has 1 aliphatic rings. The fourth-order valence-corrected chi connectivity index (χ4v) is 2.38. The van der Waals surface area contributed by atoms with E-state index in [0.29, 0.717) is 11.4 Å². The van der Waals surface area contributed by atoms with Crippen LogP contribution in [0.2, 0.25) is 0 Å². The van der Waals surface area contributed by atoms with Crippen molar-refractivity contribution in [1.82, 2.24) is 0 Å². The Labute approximate surface area is 117 Å². The fraction of sp³-hybridized carbons (Fsp3) is 0.500. The lowest BCUT2D eigenvalue weighted by Crippen LogP contribution is -2.20. The first-order valence-electron chi connectivity index (χ1n) is 6.79. The maximum atomic E-state index is 11.2. The van der Waals surface area contributed by atoms with Gasteiger partial charge < -0.3 is 10.1 Å². The molecule has 6 nitrogen and oxygen atoms in total. The molecule has 1 saturated carbocycles. The number of benzene rings is 1. The van der Waals surface area contributed by atoms with Crippen molar-refractivity contribution >= 4 is 17.3 Å². The van der Waals surface area contributed by atoms with Gasteiger partial charge in [-0.05, 0) is 31.7 Å². The first kappa shape index (κ1) is 14.3. The molecule has 1 aliphatic carbocycles. The van der Waals surface area contributed by atoms with Crippen LogP contribution in [0, 0.1) is 10.1 Å². The number of amides is 1. The minimum Gasteiger partial charge on any atom is -0.488 e. The molecule has 20 heavy (non-hydrogen) atoms. The summed E-state index contributed by atoms with van der Waals surface area (Å²) in [7, 11) is 0. The van der Waals surface area contributed by atoms with Crippen molar-refractivity contribution in [2.75, 3.05) is 5.32 Å². The number of nitro groups is 1. The molecule has 0 saturated heterocycles. The van der Waals surface area contributed by atoms with Crippen LogP contribution < -0.4 is 10.1 Å². The molecule has 0 heterocycles. The fourth-order valence-electron chi connectivity index (χ4n) is 2.38. The second-order valence-corrected chi connectivity index (χ2v) is 5.00. The van der Waals surface area contributed by atoms with Gasteiger partial charge in [-0.3, -0.25) is 14.9 Å². The van der Waals surface area contributed by atoms with Crippen LogP contribution in [0.4, 0.5) is 11.4 Å². The number of nitrogens with zero attached hydrogens (tertiary/aromatic N) is 1. The van der Waals surface area contributed by atoms with Crippen LogP contribution in [0.3, 0.4) is 0 Å². The summed E-state index contributed by atoms with van der Waals surface area (Å²) < 4.78 is 5.88. The second kappa shape index (κ2) is 6.36. The Kier molecular flexibility index (Phi) is 4.55. The number of ether oxygens (including phenoxy) is 1. The van der Waals surface area contributed by atoms with Gasteiger partial charge in [-0.25, -0.2) is 0 Å². The zero-order chi connectivity index (χ0) is 14.5. The number of hydrogen-bond acceptors (Lipinski definition) is 4. The maximum absolute atomic E-state index is 11.2. The van der Waals surface area contributed by atoms with Crippen LogP contribution in [0.25, 0.3) is 0 Å². The highest BCUT2D eigenvalue weighted by Crippen LogP contribution is 2.32. The summed E-state index contributed by atoms with van der Waals surface area (Å²) in [5, 5.41) is 13.4. The molecule has 0 atom stereocenters. The smallest absolute Gasteiger partial charge is 0.271 e. The predicted molar refractivity (Wildman–Crippen MR) is 74.9 cm³/mol. The zero-order valence-electron chi connectivity index (χ0n) is 11.4. The molecule has 1 aromatic rings. The van der Waals surface area contributed by atoms with E-state index in [1.165, 1.54) is 25.5 Å². The highest BCUT2D eigenvalue weighted by Gasteiger charge is 2.18. The van der Waals surface area contributed by atoms with E-state index in [4.69, 9.17) is 4.74 Å². The lowest BCUT2D eigenvalue weighted by atomic mass is 9.98. The monoisotopic (exact) mass is 278 g/mol. The van der Waals surface area contributed by atoms with Crippen LogP contribution in [0.5, 0.6) is 5.75 Å². The van der Waals surface area contributed by atoms with Gasteiger partial charge in [0.1, 0.15) is 5.75 Å². The van der Waals surface area contributed by atoms with Gasteiger partial charge in [0, 0.05) is 19.1 Å². The molecule has 1 N–H and O–H groups in total.